The summed E-state index contributed by atoms with van der Waals surface area (Å²) in [5.74, 6) is 0.663. The van der Waals surface area contributed by atoms with Gasteiger partial charge in [0.05, 0.1) is 13.7 Å². The topological polar surface area (TPSA) is 80.5 Å². The minimum atomic E-state index is -0.319. The summed E-state index contributed by atoms with van der Waals surface area (Å²) in [5.41, 5.74) is 6.75. The standard InChI is InChI=1S/C15H18N4O.C9H12S.C7H7FO.2C2H2/c16-15-13-4-3-12(9-11(13)5-6-17-15)18-10-14(20)19-7-1-2-8-19;1-8(2)10-9-6-4-3-5-7-9;1-9-7-5-3-2-4-6(7)8;2*1-2/h3-6,9,18H,1-2,7-8,10H2,(H2,16,17);3-8H,1-2H3;2-5H,1H3;2*1-2H. The highest BCUT2D eigenvalue weighted by atomic mass is 32.2. The van der Waals surface area contributed by atoms with Crippen molar-refractivity contribution in [2.45, 2.75) is 36.8 Å². The summed E-state index contributed by atoms with van der Waals surface area (Å²) >= 11 is 1.90. The number of terminal acetylenes is 2. The molecule has 1 aliphatic rings. The number of likely N-dealkylation sites (tertiary alicyclic amines) is 1. The molecule has 0 spiro atoms. The number of hydrogen-bond acceptors (Lipinski definition) is 6. The smallest absolute Gasteiger partial charge is 0.241 e. The van der Waals surface area contributed by atoms with Gasteiger partial charge in [0.1, 0.15) is 5.82 Å². The van der Waals surface area contributed by atoms with Crippen molar-refractivity contribution in [3.63, 3.8) is 0 Å². The fraction of sp³-hybridized carbons (Fsp3) is 0.257. The summed E-state index contributed by atoms with van der Waals surface area (Å²) in [5, 5.41) is 5.82. The van der Waals surface area contributed by atoms with Crippen LogP contribution in [0.1, 0.15) is 26.7 Å². The summed E-state index contributed by atoms with van der Waals surface area (Å²) in [6.45, 7) is 6.53. The molecule has 0 radical (unpaired) electrons. The van der Waals surface area contributed by atoms with Gasteiger partial charge in [-0.05, 0) is 66.8 Å². The molecule has 0 unspecified atom stereocenters. The number of nitrogens with two attached hydrogens (primary N) is 1. The van der Waals surface area contributed by atoms with Crippen molar-refractivity contribution in [3.05, 3.63) is 90.9 Å². The Balaban J connectivity index is 0.000000338. The largest absolute Gasteiger partial charge is 0.494 e. The zero-order chi connectivity index (χ0) is 32.0. The number of benzene rings is 3. The highest BCUT2D eigenvalue weighted by Gasteiger charge is 2.17. The van der Waals surface area contributed by atoms with E-state index in [1.165, 1.54) is 18.1 Å². The molecule has 0 bridgehead atoms. The van der Waals surface area contributed by atoms with Crippen LogP contribution in [0.2, 0.25) is 0 Å². The average molecular weight is 601 g/mol. The minimum absolute atomic E-state index is 0.164. The van der Waals surface area contributed by atoms with Gasteiger partial charge in [0.2, 0.25) is 5.91 Å². The normalized spacial score (nSPS) is 11.2. The summed E-state index contributed by atoms with van der Waals surface area (Å²) < 4.78 is 17.1. The van der Waals surface area contributed by atoms with Crippen LogP contribution in [0.3, 0.4) is 0 Å². The van der Waals surface area contributed by atoms with Gasteiger partial charge in [-0.1, -0.05) is 44.2 Å². The van der Waals surface area contributed by atoms with Crippen molar-refractivity contribution in [1.82, 2.24) is 9.88 Å². The lowest BCUT2D eigenvalue weighted by molar-refractivity contribution is -0.128. The third kappa shape index (κ3) is 13.2. The van der Waals surface area contributed by atoms with Crippen molar-refractivity contribution >= 4 is 39.9 Å². The van der Waals surface area contributed by atoms with E-state index in [1.807, 2.05) is 47.0 Å². The van der Waals surface area contributed by atoms with Crippen molar-refractivity contribution < 1.29 is 13.9 Å². The fourth-order valence-corrected chi connectivity index (χ4v) is 4.81. The monoisotopic (exact) mass is 600 g/mol. The number of halogens is 1. The van der Waals surface area contributed by atoms with Gasteiger partial charge in [-0.25, -0.2) is 9.37 Å². The SMILES string of the molecule is C#C.C#C.CC(C)Sc1ccccc1.COc1ccccc1F.Nc1nccc2cc(NCC(=O)N3CCCC3)ccc12. The lowest BCUT2D eigenvalue weighted by atomic mass is 10.1. The third-order valence-electron chi connectivity index (χ3n) is 5.87. The molecule has 1 aromatic heterocycles. The average Bonchev–Trinajstić information content (AvgIpc) is 3.59. The molecular formula is C35H41FN4O2S. The number of methoxy groups -OCH3 is 1. The molecule has 0 atom stereocenters. The molecular weight excluding hydrogens is 559 g/mol. The first-order chi connectivity index (χ1) is 20.9. The Morgan fingerprint density at radius 3 is 2.21 bits per heavy atom. The van der Waals surface area contributed by atoms with Gasteiger partial charge in [-0.3, -0.25) is 4.79 Å². The Kier molecular flexibility index (Phi) is 17.8. The first kappa shape index (κ1) is 36.4. The van der Waals surface area contributed by atoms with E-state index in [4.69, 9.17) is 5.73 Å². The summed E-state index contributed by atoms with van der Waals surface area (Å²) in [6, 6.07) is 24.5. The van der Waals surface area contributed by atoms with Crippen LogP contribution in [-0.2, 0) is 4.79 Å². The number of amides is 1. The maximum absolute atomic E-state index is 12.5. The highest BCUT2D eigenvalue weighted by molar-refractivity contribution is 7.99. The van der Waals surface area contributed by atoms with Crippen LogP contribution in [0.25, 0.3) is 10.8 Å². The number of aromatic nitrogens is 1. The van der Waals surface area contributed by atoms with Crippen molar-refractivity contribution in [3.8, 4) is 31.4 Å². The molecule has 1 fully saturated rings. The number of anilines is 2. The molecule has 4 aromatic rings. The predicted molar refractivity (Wildman–Crippen MR) is 181 cm³/mol. The molecule has 5 rings (SSSR count). The Labute approximate surface area is 260 Å². The van der Waals surface area contributed by atoms with Crippen LogP contribution >= 0.6 is 11.8 Å². The van der Waals surface area contributed by atoms with Gasteiger partial charge < -0.3 is 20.7 Å². The second kappa shape index (κ2) is 21.1. The Morgan fingerprint density at radius 1 is 1.00 bits per heavy atom. The number of nitrogens with one attached hydrogen (secondary N) is 1. The molecule has 1 saturated heterocycles. The number of ether oxygens (including phenoxy) is 1. The molecule has 8 heteroatoms. The van der Waals surface area contributed by atoms with Crippen LogP contribution in [0, 0.1) is 31.5 Å². The number of fused-ring (bicyclic) bond motifs is 1. The molecule has 1 amide bonds. The van der Waals surface area contributed by atoms with Crippen molar-refractivity contribution in [2.75, 3.05) is 37.8 Å². The van der Waals surface area contributed by atoms with E-state index < -0.39 is 0 Å². The van der Waals surface area contributed by atoms with Crippen LogP contribution in [0.15, 0.2) is 90.0 Å². The van der Waals surface area contributed by atoms with E-state index in [9.17, 15) is 9.18 Å². The maximum atomic E-state index is 12.5. The molecule has 43 heavy (non-hydrogen) atoms. The zero-order valence-electron chi connectivity index (χ0n) is 25.1. The van der Waals surface area contributed by atoms with Crippen molar-refractivity contribution in [1.29, 1.82) is 0 Å². The number of carbonyl (C=O) groups excluding carboxylic acids is 1. The Morgan fingerprint density at radius 2 is 1.63 bits per heavy atom. The third-order valence-corrected chi connectivity index (χ3v) is 6.89. The Bertz CT molecular complexity index is 1400. The molecule has 2 heterocycles. The fourth-order valence-electron chi connectivity index (χ4n) is 3.95. The van der Waals surface area contributed by atoms with E-state index in [0.717, 1.165) is 42.4 Å². The maximum Gasteiger partial charge on any atom is 0.241 e. The number of nitrogen functional groups attached to an aromatic ring is 1. The lowest BCUT2D eigenvalue weighted by Crippen LogP contribution is -2.32. The van der Waals surface area contributed by atoms with E-state index in [1.54, 1.807) is 24.4 Å². The predicted octanol–water partition coefficient (Wildman–Crippen LogP) is 7.37. The number of hydrogen-bond donors (Lipinski definition) is 2. The van der Waals surface area contributed by atoms with Gasteiger partial charge in [0.25, 0.3) is 0 Å². The second-order valence-corrected chi connectivity index (χ2v) is 10.8. The van der Waals surface area contributed by atoms with Gasteiger partial charge >= 0.3 is 0 Å². The van der Waals surface area contributed by atoms with E-state index in [0.29, 0.717) is 17.6 Å². The van der Waals surface area contributed by atoms with Gasteiger partial charge in [0, 0.05) is 40.5 Å². The Hall–Kier alpha value is -4.66. The van der Waals surface area contributed by atoms with Crippen molar-refractivity contribution in [2.24, 2.45) is 0 Å². The summed E-state index contributed by atoms with van der Waals surface area (Å²) in [4.78, 5) is 19.3. The number of rotatable bonds is 6. The van der Waals surface area contributed by atoms with Crippen LogP contribution in [-0.4, -0.2) is 47.8 Å². The quantitative estimate of drug-likeness (QED) is 0.178. The van der Waals surface area contributed by atoms with Gasteiger partial charge in [-0.15, -0.1) is 37.5 Å². The highest BCUT2D eigenvalue weighted by Crippen LogP contribution is 2.23. The molecule has 3 aromatic carbocycles. The van der Waals surface area contributed by atoms with Crippen LogP contribution < -0.4 is 15.8 Å². The van der Waals surface area contributed by atoms with Gasteiger partial charge in [-0.2, -0.15) is 0 Å². The first-order valence-corrected chi connectivity index (χ1v) is 14.6. The molecule has 0 saturated carbocycles. The number of nitrogens with zero attached hydrogens (tertiary/aromatic N) is 2. The van der Waals surface area contributed by atoms with E-state index in [2.05, 4.69) is 78.8 Å². The number of carbonyl (C=O) groups is 1. The lowest BCUT2D eigenvalue weighted by Gasteiger charge is -2.16. The molecule has 3 N–H and O–H groups in total. The summed E-state index contributed by atoms with van der Waals surface area (Å²) in [6.07, 6.45) is 19.9. The second-order valence-electron chi connectivity index (χ2n) is 9.19. The molecule has 226 valence electrons. The van der Waals surface area contributed by atoms with Crippen LogP contribution in [0.4, 0.5) is 15.9 Å². The molecule has 1 aliphatic heterocycles. The van der Waals surface area contributed by atoms with Crippen LogP contribution in [0.5, 0.6) is 5.75 Å². The van der Waals surface area contributed by atoms with Gasteiger partial charge in [0.15, 0.2) is 11.6 Å². The first-order valence-electron chi connectivity index (χ1n) is 13.7. The minimum Gasteiger partial charge on any atom is -0.494 e. The summed E-state index contributed by atoms with van der Waals surface area (Å²) in [7, 11) is 1.44. The number of thioether (sulfide) groups is 1. The number of pyridine rings is 1. The molecule has 0 aliphatic carbocycles. The van der Waals surface area contributed by atoms with E-state index in [-0.39, 0.29) is 17.5 Å². The molecule has 6 nitrogen and oxygen atoms in total. The zero-order valence-corrected chi connectivity index (χ0v) is 25.9. The number of para-hydroxylation sites is 1. The van der Waals surface area contributed by atoms with E-state index >= 15 is 0 Å².